The molecule has 1 heterocycles. The van der Waals surface area contributed by atoms with Gasteiger partial charge in [-0.3, -0.25) is 0 Å². The van der Waals surface area contributed by atoms with Crippen LogP contribution >= 0.6 is 0 Å². The minimum atomic E-state index is -4.47. The van der Waals surface area contributed by atoms with E-state index in [0.717, 1.165) is 12.1 Å². The van der Waals surface area contributed by atoms with Crippen molar-refractivity contribution >= 4 is 11.5 Å². The topological polar surface area (TPSA) is 84.1 Å². The van der Waals surface area contributed by atoms with Gasteiger partial charge in [0.25, 0.3) is 0 Å². The van der Waals surface area contributed by atoms with Crippen molar-refractivity contribution < 1.29 is 18.3 Å². The summed E-state index contributed by atoms with van der Waals surface area (Å²) in [5, 5.41) is 12.7. The smallest absolute Gasteiger partial charge is 0.398 e. The van der Waals surface area contributed by atoms with Crippen LogP contribution in [0.25, 0.3) is 11.3 Å². The number of aromatic nitrogens is 2. The lowest BCUT2D eigenvalue weighted by atomic mass is 10.1. The van der Waals surface area contributed by atoms with Crippen LogP contribution in [-0.4, -0.2) is 21.2 Å². The molecule has 0 aliphatic heterocycles. The fourth-order valence-corrected chi connectivity index (χ4v) is 2.59. The van der Waals surface area contributed by atoms with E-state index in [9.17, 15) is 18.3 Å². The molecule has 8 heteroatoms. The number of nitrogens with two attached hydrogens (primary N) is 1. The third-order valence-corrected chi connectivity index (χ3v) is 3.96. The Hall–Kier alpha value is -3.13. The summed E-state index contributed by atoms with van der Waals surface area (Å²) in [5.74, 6) is 0.414. The van der Waals surface area contributed by atoms with Crippen molar-refractivity contribution in [2.45, 2.75) is 32.5 Å². The molecule has 1 aromatic carbocycles. The fraction of sp³-hybridized carbons (Fsp3) is 0.238. The maximum absolute atomic E-state index is 12.8. The first-order valence-electron chi connectivity index (χ1n) is 8.87. The average molecular weight is 404 g/mol. The summed E-state index contributed by atoms with van der Waals surface area (Å²) in [5.41, 5.74) is 7.03. The summed E-state index contributed by atoms with van der Waals surface area (Å²) in [6, 6.07) is 4.71. The number of aliphatic hydroxyl groups excluding tert-OH is 1. The van der Waals surface area contributed by atoms with Gasteiger partial charge >= 0.3 is 6.18 Å². The molecular weight excluding hydrogens is 381 g/mol. The Bertz CT molecular complexity index is 934. The van der Waals surface area contributed by atoms with Crippen LogP contribution in [-0.2, 0) is 6.18 Å². The van der Waals surface area contributed by atoms with Gasteiger partial charge in [0, 0.05) is 23.0 Å². The van der Waals surface area contributed by atoms with Gasteiger partial charge in [0.1, 0.15) is 12.1 Å². The highest BCUT2D eigenvalue weighted by Gasteiger charge is 2.30. The molecule has 2 rings (SSSR count). The summed E-state index contributed by atoms with van der Waals surface area (Å²) in [6.45, 7) is 7.50. The van der Waals surface area contributed by atoms with Gasteiger partial charge in [-0.1, -0.05) is 24.8 Å². The zero-order valence-electron chi connectivity index (χ0n) is 16.2. The summed E-state index contributed by atoms with van der Waals surface area (Å²) < 4.78 is 38.5. The van der Waals surface area contributed by atoms with E-state index in [0.29, 0.717) is 34.8 Å². The van der Waals surface area contributed by atoms with Crippen LogP contribution in [0.4, 0.5) is 24.7 Å². The predicted octanol–water partition coefficient (Wildman–Crippen LogP) is 4.94. The van der Waals surface area contributed by atoms with Crippen molar-refractivity contribution in [2.75, 3.05) is 11.1 Å². The lowest BCUT2D eigenvalue weighted by Crippen LogP contribution is -2.09. The molecule has 0 spiro atoms. The van der Waals surface area contributed by atoms with E-state index < -0.39 is 17.8 Å². The van der Waals surface area contributed by atoms with Crippen molar-refractivity contribution in [3.63, 3.8) is 0 Å². The first-order chi connectivity index (χ1) is 13.6. The number of hydrogen-bond acceptors (Lipinski definition) is 5. The van der Waals surface area contributed by atoms with E-state index in [-0.39, 0.29) is 5.69 Å². The third kappa shape index (κ3) is 6.18. The number of alkyl halides is 3. The molecule has 0 aliphatic rings. The zero-order chi connectivity index (χ0) is 21.6. The molecule has 0 fully saturated rings. The molecule has 0 saturated carbocycles. The van der Waals surface area contributed by atoms with Crippen LogP contribution in [0.1, 0.15) is 25.8 Å². The van der Waals surface area contributed by atoms with Crippen LogP contribution in [0.2, 0.25) is 0 Å². The Balaban J connectivity index is 2.34. The number of nitrogens with one attached hydrogen (secondary N) is 1. The number of aliphatic hydroxyl groups is 1. The first kappa shape index (κ1) is 22.2. The van der Waals surface area contributed by atoms with E-state index >= 15 is 0 Å². The van der Waals surface area contributed by atoms with Crippen LogP contribution < -0.4 is 11.1 Å². The van der Waals surface area contributed by atoms with E-state index in [2.05, 4.69) is 21.9 Å². The van der Waals surface area contributed by atoms with Gasteiger partial charge < -0.3 is 16.2 Å². The minimum Gasteiger partial charge on any atom is -0.398 e. The van der Waals surface area contributed by atoms with Crippen molar-refractivity contribution in [1.82, 2.24) is 9.97 Å². The molecule has 0 amide bonds. The van der Waals surface area contributed by atoms with Gasteiger partial charge in [0.15, 0.2) is 0 Å². The molecular formula is C21H23F3N4O. The van der Waals surface area contributed by atoms with Crippen molar-refractivity contribution in [3.05, 3.63) is 72.2 Å². The molecule has 29 heavy (non-hydrogen) atoms. The standard InChI is InChI=1S/C21H23F3N4O/c1-4-5-6-18(13(2)9-14(3)29)28-20-11-19(26-12-27-20)16-8-7-15(10-17(16)25)21(22,23)24/h4-8,10-12,14,29H,2,9,25H2,1,3H3,(H,26,27,28)/b5-4-,18-6+. The maximum atomic E-state index is 12.8. The Labute approximate surface area is 167 Å². The molecule has 0 saturated heterocycles. The van der Waals surface area contributed by atoms with Crippen LogP contribution in [0, 0.1) is 0 Å². The Kier molecular flexibility index (Phi) is 7.17. The molecule has 154 valence electrons. The van der Waals surface area contributed by atoms with E-state index in [1.54, 1.807) is 19.1 Å². The highest BCUT2D eigenvalue weighted by atomic mass is 19.4. The average Bonchev–Trinajstić information content (AvgIpc) is 2.64. The third-order valence-electron chi connectivity index (χ3n) is 3.96. The van der Waals surface area contributed by atoms with Gasteiger partial charge in [-0.25, -0.2) is 9.97 Å². The second-order valence-corrected chi connectivity index (χ2v) is 6.48. The Morgan fingerprint density at radius 2 is 2.03 bits per heavy atom. The van der Waals surface area contributed by atoms with Crippen LogP contribution in [0.15, 0.2) is 66.7 Å². The predicted molar refractivity (Wildman–Crippen MR) is 109 cm³/mol. The van der Waals surface area contributed by atoms with Crippen LogP contribution in [0.3, 0.4) is 0 Å². The van der Waals surface area contributed by atoms with Gasteiger partial charge in [0.2, 0.25) is 0 Å². The van der Waals surface area contributed by atoms with Gasteiger partial charge in [0.05, 0.1) is 17.4 Å². The SMILES string of the molecule is C=C(CC(C)O)/C(=C\C=C/C)Nc1cc(-c2ccc(C(F)(F)F)cc2N)ncn1. The summed E-state index contributed by atoms with van der Waals surface area (Å²) in [7, 11) is 0. The molecule has 4 N–H and O–H groups in total. The number of rotatable bonds is 7. The maximum Gasteiger partial charge on any atom is 0.416 e. The number of halogens is 3. The van der Waals surface area contributed by atoms with Crippen LogP contribution in [0.5, 0.6) is 0 Å². The zero-order valence-corrected chi connectivity index (χ0v) is 16.2. The molecule has 0 bridgehead atoms. The molecule has 5 nitrogen and oxygen atoms in total. The largest absolute Gasteiger partial charge is 0.416 e. The number of nitrogen functional groups attached to an aromatic ring is 1. The van der Waals surface area contributed by atoms with Gasteiger partial charge in [-0.15, -0.1) is 0 Å². The summed E-state index contributed by atoms with van der Waals surface area (Å²) in [6.07, 6.45) is 2.06. The highest BCUT2D eigenvalue weighted by Crippen LogP contribution is 2.34. The number of nitrogens with zero attached hydrogens (tertiary/aromatic N) is 2. The number of benzene rings is 1. The van der Waals surface area contributed by atoms with E-state index in [1.165, 1.54) is 12.4 Å². The molecule has 1 unspecified atom stereocenters. The molecule has 0 aliphatic carbocycles. The first-order valence-corrected chi connectivity index (χ1v) is 8.87. The number of anilines is 2. The lowest BCUT2D eigenvalue weighted by molar-refractivity contribution is -0.137. The molecule has 1 aromatic heterocycles. The normalized spacial score (nSPS) is 13.5. The van der Waals surface area contributed by atoms with Gasteiger partial charge in [-0.2, -0.15) is 13.2 Å². The quantitative estimate of drug-likeness (QED) is 0.449. The molecule has 0 radical (unpaired) electrons. The van der Waals surface area contributed by atoms with Crippen molar-refractivity contribution in [1.29, 1.82) is 0 Å². The van der Waals surface area contributed by atoms with E-state index in [4.69, 9.17) is 5.73 Å². The van der Waals surface area contributed by atoms with Crippen molar-refractivity contribution in [2.24, 2.45) is 0 Å². The number of hydrogen-bond donors (Lipinski definition) is 3. The fourth-order valence-electron chi connectivity index (χ4n) is 2.59. The summed E-state index contributed by atoms with van der Waals surface area (Å²) >= 11 is 0. The van der Waals surface area contributed by atoms with Crippen molar-refractivity contribution in [3.8, 4) is 11.3 Å². The minimum absolute atomic E-state index is 0.0346. The lowest BCUT2D eigenvalue weighted by Gasteiger charge is -2.15. The Morgan fingerprint density at radius 1 is 1.31 bits per heavy atom. The Morgan fingerprint density at radius 3 is 2.62 bits per heavy atom. The van der Waals surface area contributed by atoms with Gasteiger partial charge in [-0.05, 0) is 44.1 Å². The molecule has 2 aromatic rings. The van der Waals surface area contributed by atoms with E-state index in [1.807, 2.05) is 19.1 Å². The monoisotopic (exact) mass is 404 g/mol. The number of allylic oxidation sites excluding steroid dienone is 4. The highest BCUT2D eigenvalue weighted by molar-refractivity contribution is 5.76. The second kappa shape index (κ2) is 9.38. The second-order valence-electron chi connectivity index (χ2n) is 6.48. The molecule has 1 atom stereocenters. The summed E-state index contributed by atoms with van der Waals surface area (Å²) in [4.78, 5) is 8.27.